The minimum atomic E-state index is -0.179. The quantitative estimate of drug-likeness (QED) is 0.328. The van der Waals surface area contributed by atoms with Crippen LogP contribution in [-0.2, 0) is 0 Å². The van der Waals surface area contributed by atoms with Gasteiger partial charge in [-0.15, -0.1) is 0 Å². The molecule has 0 unspecified atom stereocenters. The van der Waals surface area contributed by atoms with Crippen molar-refractivity contribution in [2.24, 2.45) is 0 Å². The Morgan fingerprint density at radius 3 is 2.21 bits per heavy atom. The number of pyridine rings is 1. The molecule has 0 aliphatic carbocycles. The Morgan fingerprint density at radius 2 is 1.48 bits per heavy atom. The second kappa shape index (κ2) is 9.15. The minimum Gasteiger partial charge on any atom is -0.354 e. The first kappa shape index (κ1) is 20.1. The number of hydrogen-bond acceptors (Lipinski definition) is 5. The summed E-state index contributed by atoms with van der Waals surface area (Å²) in [5.74, 6) is 1.13. The molecule has 5 rings (SSSR count). The van der Waals surface area contributed by atoms with Crippen LogP contribution in [0.25, 0.3) is 22.8 Å². The molecule has 1 amide bonds. The number of nitrogens with zero attached hydrogens (tertiary/aromatic N) is 3. The summed E-state index contributed by atoms with van der Waals surface area (Å²) in [6.45, 7) is 0. The van der Waals surface area contributed by atoms with Gasteiger partial charge in [-0.3, -0.25) is 14.9 Å². The van der Waals surface area contributed by atoms with E-state index in [2.05, 4.69) is 30.8 Å². The van der Waals surface area contributed by atoms with E-state index in [0.29, 0.717) is 22.9 Å². The Bertz CT molecular complexity index is 1350. The summed E-state index contributed by atoms with van der Waals surface area (Å²) in [6.07, 6.45) is 3.46. The molecule has 3 N–H and O–H groups in total. The minimum absolute atomic E-state index is 0.179. The first-order valence-corrected chi connectivity index (χ1v) is 10.4. The summed E-state index contributed by atoms with van der Waals surface area (Å²) in [6, 6.07) is 28.3. The summed E-state index contributed by atoms with van der Waals surface area (Å²) in [5, 5.41) is 13.4. The van der Waals surface area contributed by atoms with Crippen molar-refractivity contribution in [3.05, 3.63) is 109 Å². The molecule has 160 valence electrons. The molecule has 0 aliphatic heterocycles. The summed E-state index contributed by atoms with van der Waals surface area (Å²) >= 11 is 0. The van der Waals surface area contributed by atoms with Crippen molar-refractivity contribution in [3.8, 4) is 22.8 Å². The fraction of sp³-hybridized carbons (Fsp3) is 0. The number of aromatic amines is 1. The zero-order chi connectivity index (χ0) is 22.5. The van der Waals surface area contributed by atoms with Gasteiger partial charge in [-0.1, -0.05) is 30.3 Å². The molecule has 0 saturated carbocycles. The van der Waals surface area contributed by atoms with Gasteiger partial charge < -0.3 is 10.6 Å². The highest BCUT2D eigenvalue weighted by molar-refractivity contribution is 6.04. The van der Waals surface area contributed by atoms with E-state index in [4.69, 9.17) is 0 Å². The molecule has 7 heteroatoms. The van der Waals surface area contributed by atoms with Crippen LogP contribution >= 0.6 is 0 Å². The van der Waals surface area contributed by atoms with Crippen molar-refractivity contribution in [3.63, 3.8) is 0 Å². The van der Waals surface area contributed by atoms with Crippen LogP contribution in [0.2, 0.25) is 0 Å². The normalized spacial score (nSPS) is 10.5. The Kier molecular flexibility index (Phi) is 5.59. The van der Waals surface area contributed by atoms with E-state index >= 15 is 0 Å². The van der Waals surface area contributed by atoms with Gasteiger partial charge in [0, 0.05) is 34.3 Å². The highest BCUT2D eigenvalue weighted by Gasteiger charge is 2.09. The first-order chi connectivity index (χ1) is 16.2. The lowest BCUT2D eigenvalue weighted by molar-refractivity contribution is 0.102. The smallest absolute Gasteiger partial charge is 0.255 e. The van der Waals surface area contributed by atoms with Gasteiger partial charge in [-0.25, -0.2) is 4.98 Å². The predicted octanol–water partition coefficient (Wildman–Crippen LogP) is 5.53. The van der Waals surface area contributed by atoms with E-state index in [9.17, 15) is 4.79 Å². The molecule has 0 aliphatic rings. The molecule has 33 heavy (non-hydrogen) atoms. The van der Waals surface area contributed by atoms with Crippen LogP contribution in [0.1, 0.15) is 10.4 Å². The number of nitrogens with one attached hydrogen (secondary N) is 3. The van der Waals surface area contributed by atoms with Gasteiger partial charge in [-0.2, -0.15) is 5.10 Å². The average Bonchev–Trinajstić information content (AvgIpc) is 3.37. The summed E-state index contributed by atoms with van der Waals surface area (Å²) in [4.78, 5) is 21.3. The van der Waals surface area contributed by atoms with Crippen molar-refractivity contribution in [1.29, 1.82) is 0 Å². The Morgan fingerprint density at radius 1 is 0.727 bits per heavy atom. The lowest BCUT2D eigenvalue weighted by Gasteiger charge is -2.08. The van der Waals surface area contributed by atoms with E-state index in [1.165, 1.54) is 0 Å². The number of rotatable bonds is 6. The molecule has 3 aromatic carbocycles. The number of hydrogen-bond donors (Lipinski definition) is 3. The molecule has 0 radical (unpaired) electrons. The van der Waals surface area contributed by atoms with E-state index in [-0.39, 0.29) is 5.91 Å². The van der Waals surface area contributed by atoms with E-state index in [0.717, 1.165) is 22.5 Å². The number of aromatic nitrogens is 4. The van der Waals surface area contributed by atoms with Crippen LogP contribution in [0.15, 0.2) is 103 Å². The fourth-order valence-corrected chi connectivity index (χ4v) is 3.33. The maximum Gasteiger partial charge on any atom is 0.255 e. The summed E-state index contributed by atoms with van der Waals surface area (Å²) < 4.78 is 0. The van der Waals surface area contributed by atoms with Crippen LogP contribution in [0.4, 0.5) is 17.1 Å². The molecule has 0 atom stereocenters. The molecule has 0 bridgehead atoms. The fourth-order valence-electron chi connectivity index (χ4n) is 3.33. The van der Waals surface area contributed by atoms with Gasteiger partial charge in [0.25, 0.3) is 5.91 Å². The van der Waals surface area contributed by atoms with Gasteiger partial charge >= 0.3 is 0 Å². The zero-order valence-corrected chi connectivity index (χ0v) is 17.6. The lowest BCUT2D eigenvalue weighted by Crippen LogP contribution is -2.11. The molecule has 0 spiro atoms. The second-order valence-electron chi connectivity index (χ2n) is 7.35. The van der Waals surface area contributed by atoms with Crippen molar-refractivity contribution < 1.29 is 4.79 Å². The third-order valence-corrected chi connectivity index (χ3v) is 5.03. The molecule has 2 heterocycles. The molecule has 0 fully saturated rings. The summed E-state index contributed by atoms with van der Waals surface area (Å²) in [7, 11) is 0. The third-order valence-electron chi connectivity index (χ3n) is 5.03. The topological polar surface area (TPSA) is 95.6 Å². The molecular weight excluding hydrogens is 412 g/mol. The average molecular weight is 432 g/mol. The maximum absolute atomic E-state index is 12.6. The van der Waals surface area contributed by atoms with Crippen molar-refractivity contribution in [1.82, 2.24) is 20.2 Å². The monoisotopic (exact) mass is 432 g/mol. The molecule has 7 nitrogen and oxygen atoms in total. The van der Waals surface area contributed by atoms with E-state index < -0.39 is 0 Å². The SMILES string of the molecule is O=C(Nc1ccc(-c2nc(-c3ccccc3)n[nH]2)cc1)c1ccc(Nc2cccnc2)cc1. The number of benzene rings is 3. The maximum atomic E-state index is 12.6. The van der Waals surface area contributed by atoms with E-state index in [1.807, 2.05) is 78.9 Å². The standard InChI is InChI=1S/C26H20N6O/c33-26(20-10-14-21(15-11-20)28-23-7-4-16-27-17-23)29-22-12-8-19(9-13-22)25-30-24(31-32-25)18-5-2-1-3-6-18/h1-17,28H,(H,29,33)(H,30,31,32). The van der Waals surface area contributed by atoms with Gasteiger partial charge in [-0.05, 0) is 60.7 Å². The van der Waals surface area contributed by atoms with Crippen LogP contribution < -0.4 is 10.6 Å². The van der Waals surface area contributed by atoms with Crippen LogP contribution in [0.3, 0.4) is 0 Å². The van der Waals surface area contributed by atoms with E-state index in [1.54, 1.807) is 24.5 Å². The predicted molar refractivity (Wildman–Crippen MR) is 129 cm³/mol. The van der Waals surface area contributed by atoms with Crippen LogP contribution in [-0.4, -0.2) is 26.1 Å². The third kappa shape index (κ3) is 4.77. The Hall–Kier alpha value is -4.78. The van der Waals surface area contributed by atoms with Gasteiger partial charge in [0.1, 0.15) is 0 Å². The second-order valence-corrected chi connectivity index (χ2v) is 7.35. The number of carbonyl (C=O) groups excluding carboxylic acids is 1. The van der Waals surface area contributed by atoms with Gasteiger partial charge in [0.15, 0.2) is 11.6 Å². The number of anilines is 3. The molecular formula is C26H20N6O. The number of carbonyl (C=O) groups is 1. The van der Waals surface area contributed by atoms with Crippen molar-refractivity contribution in [2.45, 2.75) is 0 Å². The first-order valence-electron chi connectivity index (χ1n) is 10.4. The highest BCUT2D eigenvalue weighted by Crippen LogP contribution is 2.22. The van der Waals surface area contributed by atoms with Crippen LogP contribution in [0.5, 0.6) is 0 Å². The zero-order valence-electron chi connectivity index (χ0n) is 17.6. The lowest BCUT2D eigenvalue weighted by atomic mass is 10.1. The Labute approximate surface area is 190 Å². The van der Waals surface area contributed by atoms with Crippen molar-refractivity contribution >= 4 is 23.0 Å². The highest BCUT2D eigenvalue weighted by atomic mass is 16.1. The number of amides is 1. The number of H-pyrrole nitrogens is 1. The van der Waals surface area contributed by atoms with Crippen molar-refractivity contribution in [2.75, 3.05) is 10.6 Å². The summed E-state index contributed by atoms with van der Waals surface area (Å²) in [5.41, 5.74) is 4.87. The largest absolute Gasteiger partial charge is 0.354 e. The molecule has 0 saturated heterocycles. The van der Waals surface area contributed by atoms with Crippen LogP contribution in [0, 0.1) is 0 Å². The molecule has 2 aromatic heterocycles. The van der Waals surface area contributed by atoms with Gasteiger partial charge in [0.2, 0.25) is 0 Å². The Balaban J connectivity index is 1.23. The van der Waals surface area contributed by atoms with Gasteiger partial charge in [0.05, 0.1) is 11.9 Å². The molecule has 5 aromatic rings.